The highest BCUT2D eigenvalue weighted by atomic mass is 32.1. The van der Waals surface area contributed by atoms with Gasteiger partial charge in [-0.2, -0.15) is 0 Å². The summed E-state index contributed by atoms with van der Waals surface area (Å²) in [5.74, 6) is -0.601. The summed E-state index contributed by atoms with van der Waals surface area (Å²) in [5, 5.41) is 5.09. The fraction of sp³-hybridized carbons (Fsp3) is 0.158. The summed E-state index contributed by atoms with van der Waals surface area (Å²) in [6, 6.07) is 9.12. The molecular weight excluding hydrogens is 364 g/mol. The van der Waals surface area contributed by atoms with Crippen molar-refractivity contribution in [3.63, 3.8) is 0 Å². The van der Waals surface area contributed by atoms with Gasteiger partial charge in [-0.15, -0.1) is 17.9 Å². The first kappa shape index (κ1) is 18.5. The summed E-state index contributed by atoms with van der Waals surface area (Å²) in [7, 11) is 0. The number of fused-ring (bicyclic) bond motifs is 1. The van der Waals surface area contributed by atoms with E-state index in [2.05, 4.69) is 22.2 Å². The van der Waals surface area contributed by atoms with E-state index in [1.807, 2.05) is 37.3 Å². The Bertz CT molecular complexity index is 1070. The van der Waals surface area contributed by atoms with Crippen molar-refractivity contribution in [2.45, 2.75) is 13.5 Å². The number of thiophene rings is 1. The minimum absolute atomic E-state index is 0.239. The Hall–Kier alpha value is -3.26. The second-order valence-corrected chi connectivity index (χ2v) is 6.83. The van der Waals surface area contributed by atoms with Crippen molar-refractivity contribution >= 4 is 33.5 Å². The van der Waals surface area contributed by atoms with E-state index in [0.29, 0.717) is 10.2 Å². The third-order valence-corrected chi connectivity index (χ3v) is 5.18. The molecule has 1 aromatic carbocycles. The maximum Gasteiger partial charge on any atom is 0.321 e. The van der Waals surface area contributed by atoms with Crippen molar-refractivity contribution < 1.29 is 9.59 Å². The van der Waals surface area contributed by atoms with Gasteiger partial charge in [0.1, 0.15) is 11.4 Å². The average Bonchev–Trinajstić information content (AvgIpc) is 3.00. The lowest BCUT2D eigenvalue weighted by Crippen LogP contribution is -2.42. The van der Waals surface area contributed by atoms with Gasteiger partial charge < -0.3 is 5.32 Å². The first-order chi connectivity index (χ1) is 13.0. The first-order valence-corrected chi connectivity index (χ1v) is 9.05. The molecule has 0 saturated carbocycles. The lowest BCUT2D eigenvalue weighted by molar-refractivity contribution is -0.120. The third kappa shape index (κ3) is 3.95. The molecule has 3 aromatic rings. The fourth-order valence-corrected chi connectivity index (χ4v) is 3.81. The zero-order valence-corrected chi connectivity index (χ0v) is 15.5. The number of urea groups is 1. The summed E-state index contributed by atoms with van der Waals surface area (Å²) in [6.07, 6.45) is 2.83. The number of imide groups is 1. The van der Waals surface area contributed by atoms with Gasteiger partial charge in [-0.1, -0.05) is 36.4 Å². The Morgan fingerprint density at radius 1 is 1.30 bits per heavy atom. The van der Waals surface area contributed by atoms with Gasteiger partial charge in [0.15, 0.2) is 0 Å². The predicted octanol–water partition coefficient (Wildman–Crippen LogP) is 2.45. The van der Waals surface area contributed by atoms with Gasteiger partial charge >= 0.3 is 6.03 Å². The summed E-state index contributed by atoms with van der Waals surface area (Å²) in [5.41, 5.74) is 1.54. The molecule has 7 nitrogen and oxygen atoms in total. The molecule has 8 heteroatoms. The van der Waals surface area contributed by atoms with Crippen molar-refractivity contribution in [1.82, 2.24) is 20.2 Å². The van der Waals surface area contributed by atoms with E-state index in [0.717, 1.165) is 16.0 Å². The van der Waals surface area contributed by atoms with Crippen LogP contribution >= 0.6 is 11.3 Å². The van der Waals surface area contributed by atoms with Crippen LogP contribution in [0.4, 0.5) is 4.79 Å². The SMILES string of the molecule is C=CCNC(=O)NC(=O)Cn1cnc2sc(-c3ccccc3)c(C)c2c1=O. The van der Waals surface area contributed by atoms with Crippen molar-refractivity contribution in [3.8, 4) is 10.4 Å². The molecule has 138 valence electrons. The molecule has 0 spiro atoms. The highest BCUT2D eigenvalue weighted by Gasteiger charge is 2.17. The first-order valence-electron chi connectivity index (χ1n) is 8.23. The van der Waals surface area contributed by atoms with Crippen LogP contribution in [0, 0.1) is 6.92 Å². The standard InChI is InChI=1S/C19H18N4O3S/c1-3-9-20-19(26)22-14(24)10-23-11-21-17-15(18(23)25)12(2)16(27-17)13-7-5-4-6-8-13/h3-8,11H,1,9-10H2,2H3,(H2,20,22,24,26). The quantitative estimate of drug-likeness (QED) is 0.663. The van der Waals surface area contributed by atoms with Gasteiger partial charge in [0, 0.05) is 11.4 Å². The summed E-state index contributed by atoms with van der Waals surface area (Å²) < 4.78 is 1.20. The van der Waals surface area contributed by atoms with Crippen molar-refractivity contribution in [2.24, 2.45) is 0 Å². The second-order valence-electron chi connectivity index (χ2n) is 5.83. The highest BCUT2D eigenvalue weighted by Crippen LogP contribution is 2.35. The van der Waals surface area contributed by atoms with Crippen LogP contribution in [0.2, 0.25) is 0 Å². The van der Waals surface area contributed by atoms with Crippen LogP contribution in [0.1, 0.15) is 5.56 Å². The second kappa shape index (κ2) is 7.96. The van der Waals surface area contributed by atoms with Crippen LogP contribution in [-0.4, -0.2) is 28.0 Å². The number of carbonyl (C=O) groups is 2. The molecule has 0 bridgehead atoms. The van der Waals surface area contributed by atoms with E-state index >= 15 is 0 Å². The Kier molecular flexibility index (Phi) is 5.46. The lowest BCUT2D eigenvalue weighted by Gasteiger charge is -2.07. The van der Waals surface area contributed by atoms with Gasteiger partial charge in [0.25, 0.3) is 5.56 Å². The van der Waals surface area contributed by atoms with Gasteiger partial charge in [-0.25, -0.2) is 9.78 Å². The van der Waals surface area contributed by atoms with E-state index in [9.17, 15) is 14.4 Å². The van der Waals surface area contributed by atoms with Crippen LogP contribution in [-0.2, 0) is 11.3 Å². The average molecular weight is 382 g/mol. The molecule has 0 aliphatic heterocycles. The van der Waals surface area contributed by atoms with Gasteiger partial charge in [-0.05, 0) is 18.1 Å². The third-order valence-electron chi connectivity index (χ3n) is 3.93. The Morgan fingerprint density at radius 3 is 2.74 bits per heavy atom. The van der Waals surface area contributed by atoms with E-state index in [1.54, 1.807) is 0 Å². The fourth-order valence-electron chi connectivity index (χ4n) is 2.67. The van der Waals surface area contributed by atoms with Crippen molar-refractivity contribution in [3.05, 3.63) is 65.2 Å². The number of aromatic nitrogens is 2. The number of aryl methyl sites for hydroxylation is 1. The molecule has 0 radical (unpaired) electrons. The monoisotopic (exact) mass is 382 g/mol. The van der Waals surface area contributed by atoms with Crippen molar-refractivity contribution in [1.29, 1.82) is 0 Å². The number of hydrogen-bond donors (Lipinski definition) is 2. The number of nitrogens with one attached hydrogen (secondary N) is 2. The molecule has 2 aromatic heterocycles. The van der Waals surface area contributed by atoms with Gasteiger partial charge in [0.2, 0.25) is 5.91 Å². The molecular formula is C19H18N4O3S. The topological polar surface area (TPSA) is 93.1 Å². The number of nitrogens with zero attached hydrogens (tertiary/aromatic N) is 2. The minimum Gasteiger partial charge on any atom is -0.334 e. The Balaban J connectivity index is 1.88. The number of rotatable bonds is 5. The van der Waals surface area contributed by atoms with Crippen LogP contribution in [0.3, 0.4) is 0 Å². The summed E-state index contributed by atoms with van der Waals surface area (Å²) >= 11 is 1.44. The molecule has 0 aliphatic carbocycles. The van der Waals surface area contributed by atoms with Crippen LogP contribution in [0.15, 0.2) is 54.1 Å². The van der Waals surface area contributed by atoms with Crippen LogP contribution in [0.5, 0.6) is 0 Å². The molecule has 3 rings (SSSR count). The van der Waals surface area contributed by atoms with Gasteiger partial charge in [-0.3, -0.25) is 19.5 Å². The zero-order valence-electron chi connectivity index (χ0n) is 14.7. The predicted molar refractivity (Wildman–Crippen MR) is 106 cm³/mol. The summed E-state index contributed by atoms with van der Waals surface area (Å²) in [4.78, 5) is 42.3. The van der Waals surface area contributed by atoms with Crippen LogP contribution in [0.25, 0.3) is 20.7 Å². The van der Waals surface area contributed by atoms with Crippen LogP contribution < -0.4 is 16.2 Å². The van der Waals surface area contributed by atoms with E-state index in [4.69, 9.17) is 0 Å². The Labute approximate surface area is 159 Å². The molecule has 3 amide bonds. The smallest absolute Gasteiger partial charge is 0.321 e. The molecule has 27 heavy (non-hydrogen) atoms. The van der Waals surface area contributed by atoms with Gasteiger partial charge in [0.05, 0.1) is 11.7 Å². The van der Waals surface area contributed by atoms with Crippen molar-refractivity contribution in [2.75, 3.05) is 6.54 Å². The molecule has 2 N–H and O–H groups in total. The number of benzene rings is 1. The minimum atomic E-state index is -0.639. The number of carbonyl (C=O) groups excluding carboxylic acids is 2. The molecule has 0 fully saturated rings. The molecule has 0 unspecified atom stereocenters. The normalized spacial score (nSPS) is 10.6. The molecule has 2 heterocycles. The number of hydrogen-bond acceptors (Lipinski definition) is 5. The van der Waals surface area contributed by atoms with E-state index in [1.165, 1.54) is 28.3 Å². The lowest BCUT2D eigenvalue weighted by atomic mass is 10.1. The maximum atomic E-state index is 12.8. The highest BCUT2D eigenvalue weighted by molar-refractivity contribution is 7.22. The largest absolute Gasteiger partial charge is 0.334 e. The van der Waals surface area contributed by atoms with E-state index in [-0.39, 0.29) is 18.6 Å². The van der Waals surface area contributed by atoms with E-state index < -0.39 is 11.9 Å². The molecule has 0 saturated heterocycles. The zero-order chi connectivity index (χ0) is 19.4. The molecule has 0 atom stereocenters. The maximum absolute atomic E-state index is 12.8. The number of amides is 3. The Morgan fingerprint density at radius 2 is 2.04 bits per heavy atom. The summed E-state index contributed by atoms with van der Waals surface area (Å²) in [6.45, 7) is 5.29. The molecule has 0 aliphatic rings.